The van der Waals surface area contributed by atoms with E-state index >= 15 is 0 Å². The van der Waals surface area contributed by atoms with Gasteiger partial charge in [-0.2, -0.15) is 10.2 Å². The van der Waals surface area contributed by atoms with Crippen molar-refractivity contribution >= 4 is 0 Å². The minimum atomic E-state index is 0.392. The van der Waals surface area contributed by atoms with Crippen molar-refractivity contribution in [3.63, 3.8) is 0 Å². The van der Waals surface area contributed by atoms with Crippen LogP contribution in [0.4, 0.5) is 0 Å². The molecule has 0 bridgehead atoms. The lowest BCUT2D eigenvalue weighted by molar-refractivity contribution is 0.503. The molecule has 0 saturated carbocycles. The van der Waals surface area contributed by atoms with Crippen LogP contribution in [-0.4, -0.2) is 17.2 Å². The van der Waals surface area contributed by atoms with Gasteiger partial charge in [0, 0.05) is 6.04 Å². The van der Waals surface area contributed by atoms with E-state index in [0.717, 1.165) is 24.2 Å². The fourth-order valence-corrected chi connectivity index (χ4v) is 2.19. The van der Waals surface area contributed by atoms with Gasteiger partial charge in [0.1, 0.15) is 0 Å². The third-order valence-corrected chi connectivity index (χ3v) is 3.26. The van der Waals surface area contributed by atoms with E-state index in [0.29, 0.717) is 6.04 Å². The Kier molecular flexibility index (Phi) is 6.58. The maximum absolute atomic E-state index is 4.20. The van der Waals surface area contributed by atoms with Crippen molar-refractivity contribution < 1.29 is 0 Å². The molecule has 18 heavy (non-hydrogen) atoms. The molecule has 3 heteroatoms. The quantitative estimate of drug-likeness (QED) is 0.564. The molecule has 1 atom stereocenters. The van der Waals surface area contributed by atoms with Crippen molar-refractivity contribution in [1.29, 1.82) is 0 Å². The van der Waals surface area contributed by atoms with Crippen molar-refractivity contribution in [2.24, 2.45) is 0 Å². The van der Waals surface area contributed by atoms with Crippen LogP contribution in [0.3, 0.4) is 0 Å². The molecule has 0 spiro atoms. The van der Waals surface area contributed by atoms with Gasteiger partial charge < -0.3 is 5.32 Å². The van der Waals surface area contributed by atoms with E-state index in [1.165, 1.54) is 24.8 Å². The van der Waals surface area contributed by atoms with Crippen LogP contribution in [0.1, 0.15) is 55.1 Å². The fourth-order valence-electron chi connectivity index (χ4n) is 2.19. The maximum atomic E-state index is 4.20. The lowest BCUT2D eigenvalue weighted by atomic mass is 9.99. The standard InChI is InChI=1S/C15H25N3/c1-5-6-7-8-9-10-15(16-4)14-11-12(2)17-18-13(14)3/h5,11,15-16H,1,6-10H2,2-4H3. The second-order valence-electron chi connectivity index (χ2n) is 4.79. The first-order valence-electron chi connectivity index (χ1n) is 6.78. The van der Waals surface area contributed by atoms with Gasteiger partial charge in [0.25, 0.3) is 0 Å². The van der Waals surface area contributed by atoms with E-state index in [1.807, 2.05) is 27.0 Å². The highest BCUT2D eigenvalue weighted by Gasteiger charge is 2.12. The molecule has 1 aromatic heterocycles. The van der Waals surface area contributed by atoms with Gasteiger partial charge in [0.15, 0.2) is 0 Å². The summed E-state index contributed by atoms with van der Waals surface area (Å²) in [5.74, 6) is 0. The molecule has 0 radical (unpaired) electrons. The van der Waals surface area contributed by atoms with Gasteiger partial charge in [-0.3, -0.25) is 0 Å². The summed E-state index contributed by atoms with van der Waals surface area (Å²) in [5, 5.41) is 11.7. The first-order valence-corrected chi connectivity index (χ1v) is 6.78. The van der Waals surface area contributed by atoms with Gasteiger partial charge in [-0.25, -0.2) is 0 Å². The average Bonchev–Trinajstić information content (AvgIpc) is 2.37. The van der Waals surface area contributed by atoms with E-state index < -0.39 is 0 Å². The number of hydrogen-bond donors (Lipinski definition) is 1. The predicted octanol–water partition coefficient (Wildman–Crippen LogP) is 3.49. The average molecular weight is 247 g/mol. The van der Waals surface area contributed by atoms with Crippen molar-refractivity contribution in [2.75, 3.05) is 7.05 Å². The molecule has 1 rings (SSSR count). The molecule has 0 aromatic carbocycles. The smallest absolute Gasteiger partial charge is 0.0648 e. The molecule has 0 aliphatic heterocycles. The third-order valence-electron chi connectivity index (χ3n) is 3.26. The highest BCUT2D eigenvalue weighted by atomic mass is 15.1. The van der Waals surface area contributed by atoms with Gasteiger partial charge in [0.05, 0.1) is 11.4 Å². The molecular formula is C15H25N3. The molecule has 1 N–H and O–H groups in total. The van der Waals surface area contributed by atoms with Crippen LogP contribution in [0.15, 0.2) is 18.7 Å². The highest BCUT2D eigenvalue weighted by Crippen LogP contribution is 2.22. The largest absolute Gasteiger partial charge is 0.313 e. The number of unbranched alkanes of at least 4 members (excludes halogenated alkanes) is 3. The third kappa shape index (κ3) is 4.57. The summed E-state index contributed by atoms with van der Waals surface area (Å²) in [7, 11) is 2.02. The van der Waals surface area contributed by atoms with Crippen LogP contribution in [0.25, 0.3) is 0 Å². The zero-order valence-corrected chi connectivity index (χ0v) is 11.9. The normalized spacial score (nSPS) is 12.4. The van der Waals surface area contributed by atoms with Gasteiger partial charge in [0.2, 0.25) is 0 Å². The van der Waals surface area contributed by atoms with Gasteiger partial charge in [-0.1, -0.05) is 18.9 Å². The van der Waals surface area contributed by atoms with E-state index in [4.69, 9.17) is 0 Å². The first-order chi connectivity index (χ1) is 8.69. The Labute approximate surface area is 111 Å². The summed E-state index contributed by atoms with van der Waals surface area (Å²) < 4.78 is 0. The van der Waals surface area contributed by atoms with Crippen LogP contribution in [-0.2, 0) is 0 Å². The van der Waals surface area contributed by atoms with Crippen LogP contribution >= 0.6 is 0 Å². The monoisotopic (exact) mass is 247 g/mol. The zero-order chi connectivity index (χ0) is 13.4. The lowest BCUT2D eigenvalue weighted by Crippen LogP contribution is -2.18. The minimum absolute atomic E-state index is 0.392. The molecular weight excluding hydrogens is 222 g/mol. The number of rotatable bonds is 8. The minimum Gasteiger partial charge on any atom is -0.313 e. The summed E-state index contributed by atoms with van der Waals surface area (Å²) in [6.45, 7) is 7.78. The second kappa shape index (κ2) is 7.98. The van der Waals surface area contributed by atoms with Gasteiger partial charge in [-0.15, -0.1) is 6.58 Å². The Morgan fingerprint density at radius 3 is 2.72 bits per heavy atom. The van der Waals surface area contributed by atoms with Crippen LogP contribution in [0, 0.1) is 13.8 Å². The Balaban J connectivity index is 2.54. The molecule has 0 fully saturated rings. The number of allylic oxidation sites excluding steroid dienone is 1. The molecule has 1 aromatic rings. The zero-order valence-electron chi connectivity index (χ0n) is 11.9. The Morgan fingerprint density at radius 1 is 1.28 bits per heavy atom. The van der Waals surface area contributed by atoms with Crippen molar-refractivity contribution in [2.45, 2.75) is 52.0 Å². The Morgan fingerprint density at radius 2 is 2.06 bits per heavy atom. The molecule has 0 amide bonds. The summed E-state index contributed by atoms with van der Waals surface area (Å²) in [4.78, 5) is 0. The van der Waals surface area contributed by atoms with Crippen molar-refractivity contribution in [3.8, 4) is 0 Å². The van der Waals surface area contributed by atoms with E-state index in [9.17, 15) is 0 Å². The predicted molar refractivity (Wildman–Crippen MR) is 76.6 cm³/mol. The van der Waals surface area contributed by atoms with Crippen LogP contribution < -0.4 is 5.32 Å². The number of aromatic nitrogens is 2. The number of hydrogen-bond acceptors (Lipinski definition) is 3. The van der Waals surface area contributed by atoms with Gasteiger partial charge >= 0.3 is 0 Å². The van der Waals surface area contributed by atoms with Gasteiger partial charge in [-0.05, 0) is 51.8 Å². The fraction of sp³-hybridized carbons (Fsp3) is 0.600. The first kappa shape index (κ1) is 14.8. The number of nitrogens with zero attached hydrogens (tertiary/aromatic N) is 2. The Hall–Kier alpha value is -1.22. The summed E-state index contributed by atoms with van der Waals surface area (Å²) in [6, 6.07) is 2.54. The number of aryl methyl sites for hydroxylation is 2. The maximum Gasteiger partial charge on any atom is 0.0648 e. The summed E-state index contributed by atoms with van der Waals surface area (Å²) >= 11 is 0. The van der Waals surface area contributed by atoms with Crippen LogP contribution in [0.5, 0.6) is 0 Å². The molecule has 100 valence electrons. The molecule has 0 saturated heterocycles. The molecule has 1 heterocycles. The number of nitrogens with one attached hydrogen (secondary N) is 1. The van der Waals surface area contributed by atoms with E-state index in [1.54, 1.807) is 0 Å². The molecule has 0 aliphatic rings. The molecule has 1 unspecified atom stereocenters. The second-order valence-corrected chi connectivity index (χ2v) is 4.79. The molecule has 0 aliphatic carbocycles. The lowest BCUT2D eigenvalue weighted by Gasteiger charge is -2.18. The van der Waals surface area contributed by atoms with E-state index in [-0.39, 0.29) is 0 Å². The van der Waals surface area contributed by atoms with Crippen molar-refractivity contribution in [3.05, 3.63) is 35.7 Å². The Bertz CT molecular complexity index is 374. The van der Waals surface area contributed by atoms with E-state index in [2.05, 4.69) is 28.2 Å². The van der Waals surface area contributed by atoms with Crippen molar-refractivity contribution in [1.82, 2.24) is 15.5 Å². The highest BCUT2D eigenvalue weighted by molar-refractivity contribution is 5.23. The topological polar surface area (TPSA) is 37.8 Å². The van der Waals surface area contributed by atoms with Crippen LogP contribution in [0.2, 0.25) is 0 Å². The molecule has 3 nitrogen and oxygen atoms in total. The SMILES string of the molecule is C=CCCCCCC(NC)c1cc(C)nnc1C. The summed E-state index contributed by atoms with van der Waals surface area (Å²) in [6.07, 6.45) is 8.02. The summed E-state index contributed by atoms with van der Waals surface area (Å²) in [5.41, 5.74) is 3.31.